The maximum Gasteiger partial charge on any atom is 0.323 e. The fourth-order valence-corrected chi connectivity index (χ4v) is 2.35. The molecule has 0 radical (unpaired) electrons. The van der Waals surface area contributed by atoms with Gasteiger partial charge in [0, 0.05) is 17.8 Å². The molecule has 1 aromatic heterocycles. The molecule has 0 aliphatic heterocycles. The van der Waals surface area contributed by atoms with Crippen LogP contribution in [0.4, 0.5) is 16.2 Å². The van der Waals surface area contributed by atoms with Crippen LogP contribution in [-0.4, -0.2) is 30.4 Å². The van der Waals surface area contributed by atoms with E-state index in [1.54, 1.807) is 55.6 Å². The first-order chi connectivity index (χ1) is 13.6. The van der Waals surface area contributed by atoms with Crippen LogP contribution in [0.15, 0.2) is 54.6 Å². The van der Waals surface area contributed by atoms with Crippen LogP contribution < -0.4 is 24.8 Å². The van der Waals surface area contributed by atoms with Crippen molar-refractivity contribution in [3.63, 3.8) is 0 Å². The highest BCUT2D eigenvalue weighted by atomic mass is 16.5. The number of hydrogen-bond acceptors (Lipinski definition) is 6. The molecule has 8 heteroatoms. The summed E-state index contributed by atoms with van der Waals surface area (Å²) in [6.45, 7) is 1.85. The molecular formula is C20H20N4O4. The Morgan fingerprint density at radius 2 is 1.61 bits per heavy atom. The maximum atomic E-state index is 12.3. The summed E-state index contributed by atoms with van der Waals surface area (Å²) >= 11 is 0. The predicted molar refractivity (Wildman–Crippen MR) is 105 cm³/mol. The Bertz CT molecular complexity index is 943. The number of carbonyl (C=O) groups excluding carboxylic acids is 1. The molecule has 28 heavy (non-hydrogen) atoms. The highest BCUT2D eigenvalue weighted by Gasteiger charge is 2.09. The Labute approximate surface area is 162 Å². The number of nitrogens with one attached hydrogen (secondary N) is 2. The van der Waals surface area contributed by atoms with E-state index >= 15 is 0 Å². The first-order valence-corrected chi connectivity index (χ1v) is 8.45. The van der Waals surface area contributed by atoms with Crippen LogP contribution >= 0.6 is 0 Å². The van der Waals surface area contributed by atoms with Gasteiger partial charge in [-0.2, -0.15) is 5.10 Å². The molecule has 0 bridgehead atoms. The minimum atomic E-state index is -0.401. The highest BCUT2D eigenvalue weighted by molar-refractivity contribution is 6.00. The van der Waals surface area contributed by atoms with Gasteiger partial charge in [0.1, 0.15) is 17.2 Å². The van der Waals surface area contributed by atoms with E-state index in [1.165, 1.54) is 7.11 Å². The molecule has 0 aliphatic rings. The van der Waals surface area contributed by atoms with Gasteiger partial charge in [0.05, 0.1) is 25.6 Å². The van der Waals surface area contributed by atoms with E-state index in [0.29, 0.717) is 34.5 Å². The van der Waals surface area contributed by atoms with Crippen molar-refractivity contribution >= 4 is 17.4 Å². The highest BCUT2D eigenvalue weighted by Crippen LogP contribution is 2.29. The van der Waals surface area contributed by atoms with E-state index in [-0.39, 0.29) is 0 Å². The van der Waals surface area contributed by atoms with Crippen molar-refractivity contribution in [1.29, 1.82) is 0 Å². The molecule has 0 fully saturated rings. The summed E-state index contributed by atoms with van der Waals surface area (Å²) in [6, 6.07) is 15.2. The van der Waals surface area contributed by atoms with E-state index in [4.69, 9.17) is 14.2 Å². The molecule has 0 atom stereocenters. The summed E-state index contributed by atoms with van der Waals surface area (Å²) in [7, 11) is 3.09. The summed E-state index contributed by atoms with van der Waals surface area (Å²) in [6.07, 6.45) is 0. The second kappa shape index (κ2) is 8.72. The SMILES string of the molecule is COc1ccc(NC(=O)Nc2ccc(Oc3ccc(C)nn3)cc2)c(OC)c1. The lowest BCUT2D eigenvalue weighted by atomic mass is 10.2. The van der Waals surface area contributed by atoms with Gasteiger partial charge in [-0.1, -0.05) is 0 Å². The van der Waals surface area contributed by atoms with Crippen LogP contribution in [-0.2, 0) is 0 Å². The molecule has 1 heterocycles. The van der Waals surface area contributed by atoms with Crippen LogP contribution in [0.3, 0.4) is 0 Å². The number of carbonyl (C=O) groups is 1. The fraction of sp³-hybridized carbons (Fsp3) is 0.150. The second-order valence-electron chi connectivity index (χ2n) is 5.78. The summed E-state index contributed by atoms with van der Waals surface area (Å²) in [5.41, 5.74) is 1.94. The van der Waals surface area contributed by atoms with Gasteiger partial charge < -0.3 is 24.8 Å². The molecule has 0 unspecified atom stereocenters. The molecule has 8 nitrogen and oxygen atoms in total. The van der Waals surface area contributed by atoms with Gasteiger partial charge in [0.15, 0.2) is 0 Å². The standard InChI is InChI=1S/C20H20N4O4/c1-13-4-11-19(24-23-13)28-15-7-5-14(6-8-15)21-20(25)22-17-10-9-16(26-2)12-18(17)27-3/h4-12H,1-3H3,(H2,21,22,25). The Kier molecular flexibility index (Phi) is 5.91. The zero-order valence-electron chi connectivity index (χ0n) is 15.7. The quantitative estimate of drug-likeness (QED) is 0.664. The first-order valence-electron chi connectivity index (χ1n) is 8.45. The average molecular weight is 380 g/mol. The smallest absolute Gasteiger partial charge is 0.323 e. The number of anilines is 2. The number of rotatable bonds is 6. The average Bonchev–Trinajstić information content (AvgIpc) is 2.71. The van der Waals surface area contributed by atoms with E-state index in [2.05, 4.69) is 20.8 Å². The molecule has 2 N–H and O–H groups in total. The number of ether oxygens (including phenoxy) is 3. The van der Waals surface area contributed by atoms with Gasteiger partial charge in [-0.3, -0.25) is 0 Å². The molecule has 0 saturated carbocycles. The summed E-state index contributed by atoms with van der Waals surface area (Å²) < 4.78 is 16.0. The minimum absolute atomic E-state index is 0.399. The van der Waals surface area contributed by atoms with Crippen molar-refractivity contribution in [2.24, 2.45) is 0 Å². The van der Waals surface area contributed by atoms with E-state index in [0.717, 1.165) is 5.69 Å². The van der Waals surface area contributed by atoms with Crippen LogP contribution in [0.5, 0.6) is 23.1 Å². The number of urea groups is 1. The van der Waals surface area contributed by atoms with Crippen molar-refractivity contribution in [2.45, 2.75) is 6.92 Å². The van der Waals surface area contributed by atoms with E-state index < -0.39 is 6.03 Å². The molecule has 2 aromatic carbocycles. The Morgan fingerprint density at radius 3 is 2.25 bits per heavy atom. The van der Waals surface area contributed by atoms with Crippen molar-refractivity contribution in [1.82, 2.24) is 10.2 Å². The van der Waals surface area contributed by atoms with Gasteiger partial charge in [-0.25, -0.2) is 4.79 Å². The third-order valence-corrected chi connectivity index (χ3v) is 3.76. The van der Waals surface area contributed by atoms with Gasteiger partial charge in [-0.05, 0) is 49.4 Å². The van der Waals surface area contributed by atoms with Crippen molar-refractivity contribution < 1.29 is 19.0 Å². The first kappa shape index (κ1) is 19.0. The lowest BCUT2D eigenvalue weighted by Gasteiger charge is -2.12. The second-order valence-corrected chi connectivity index (χ2v) is 5.78. The van der Waals surface area contributed by atoms with Crippen molar-refractivity contribution in [3.05, 3.63) is 60.3 Å². The molecule has 144 valence electrons. The molecule has 0 saturated heterocycles. The number of nitrogens with zero attached hydrogens (tertiary/aromatic N) is 2. The van der Waals surface area contributed by atoms with Crippen molar-refractivity contribution in [3.8, 4) is 23.1 Å². The summed E-state index contributed by atoms with van der Waals surface area (Å²) in [5.74, 6) is 2.12. The number of hydrogen-bond donors (Lipinski definition) is 2. The van der Waals surface area contributed by atoms with Gasteiger partial charge in [0.2, 0.25) is 5.88 Å². The lowest BCUT2D eigenvalue weighted by molar-refractivity contribution is 0.262. The number of benzene rings is 2. The third kappa shape index (κ3) is 4.88. The molecule has 3 rings (SSSR count). The predicted octanol–water partition coefficient (Wildman–Crippen LogP) is 4.24. The maximum absolute atomic E-state index is 12.3. The van der Waals surface area contributed by atoms with Crippen LogP contribution in [0.2, 0.25) is 0 Å². The van der Waals surface area contributed by atoms with Crippen LogP contribution in [0.1, 0.15) is 5.69 Å². The number of amides is 2. The molecule has 0 aliphatic carbocycles. The normalized spacial score (nSPS) is 10.1. The largest absolute Gasteiger partial charge is 0.497 e. The van der Waals surface area contributed by atoms with Gasteiger partial charge >= 0.3 is 6.03 Å². The topological polar surface area (TPSA) is 94.6 Å². The number of aromatic nitrogens is 2. The van der Waals surface area contributed by atoms with Crippen LogP contribution in [0.25, 0.3) is 0 Å². The van der Waals surface area contributed by atoms with E-state index in [1.807, 2.05) is 13.0 Å². The number of methoxy groups -OCH3 is 2. The molecule has 3 aromatic rings. The zero-order valence-corrected chi connectivity index (χ0v) is 15.7. The zero-order chi connectivity index (χ0) is 19.9. The Balaban J connectivity index is 1.60. The van der Waals surface area contributed by atoms with E-state index in [9.17, 15) is 4.79 Å². The van der Waals surface area contributed by atoms with Gasteiger partial charge in [-0.15, -0.1) is 5.10 Å². The summed E-state index contributed by atoms with van der Waals surface area (Å²) in [5, 5.41) is 13.4. The monoisotopic (exact) mass is 380 g/mol. The Hall–Kier alpha value is -3.81. The summed E-state index contributed by atoms with van der Waals surface area (Å²) in [4.78, 5) is 12.3. The molecular weight excluding hydrogens is 360 g/mol. The van der Waals surface area contributed by atoms with Crippen molar-refractivity contribution in [2.75, 3.05) is 24.9 Å². The van der Waals surface area contributed by atoms with Gasteiger partial charge in [0.25, 0.3) is 0 Å². The molecule has 2 amide bonds. The minimum Gasteiger partial charge on any atom is -0.497 e. The third-order valence-electron chi connectivity index (χ3n) is 3.76. The number of aryl methyl sites for hydroxylation is 1. The van der Waals surface area contributed by atoms with Crippen LogP contribution in [0, 0.1) is 6.92 Å². The fourth-order valence-electron chi connectivity index (χ4n) is 2.35. The molecule has 0 spiro atoms. The lowest BCUT2D eigenvalue weighted by Crippen LogP contribution is -2.19. The Morgan fingerprint density at radius 1 is 0.857 bits per heavy atom.